The minimum Gasteiger partial charge on any atom is -0.394 e. The second-order valence-electron chi connectivity index (χ2n) is 4.76. The van der Waals surface area contributed by atoms with Crippen LogP contribution in [0.3, 0.4) is 0 Å². The normalized spacial score (nSPS) is 11.3. The molecule has 0 aromatic heterocycles. The first-order valence-electron chi connectivity index (χ1n) is 7.26. The van der Waals surface area contributed by atoms with E-state index < -0.39 is 0 Å². The Kier molecular flexibility index (Phi) is 9.14. The molecule has 0 spiro atoms. The summed E-state index contributed by atoms with van der Waals surface area (Å²) in [5.41, 5.74) is 1.46. The highest BCUT2D eigenvalue weighted by Crippen LogP contribution is 2.25. The van der Waals surface area contributed by atoms with Crippen molar-refractivity contribution in [3.63, 3.8) is 0 Å². The van der Waals surface area contributed by atoms with Crippen LogP contribution in [-0.2, 0) is 0 Å². The minimum atomic E-state index is -0.319. The van der Waals surface area contributed by atoms with Crippen molar-refractivity contribution in [2.24, 2.45) is 0 Å². The van der Waals surface area contributed by atoms with Gasteiger partial charge in [-0.05, 0) is 24.1 Å². The Morgan fingerprint density at radius 3 is 2.04 bits per heavy atom. The molecule has 5 heteroatoms. The zero-order valence-corrected chi connectivity index (χ0v) is 13.4. The van der Waals surface area contributed by atoms with Crippen molar-refractivity contribution in [1.82, 2.24) is 0 Å². The molecule has 0 saturated heterocycles. The zero-order chi connectivity index (χ0) is 17.1. The summed E-state index contributed by atoms with van der Waals surface area (Å²) in [4.78, 5) is 12.5. The summed E-state index contributed by atoms with van der Waals surface area (Å²) in [7, 11) is 0. The summed E-state index contributed by atoms with van der Waals surface area (Å²) in [5.74, 6) is -0.213. The van der Waals surface area contributed by atoms with Crippen LogP contribution in [0, 0.1) is 5.82 Å². The van der Waals surface area contributed by atoms with Crippen molar-refractivity contribution in [3.05, 3.63) is 71.5 Å². The fourth-order valence-corrected chi connectivity index (χ4v) is 2.28. The first-order valence-corrected chi connectivity index (χ1v) is 7.79. The molecule has 0 aliphatic rings. The lowest BCUT2D eigenvalue weighted by molar-refractivity contribution is 0.0957. The lowest BCUT2D eigenvalue weighted by atomic mass is 9.88. The molecule has 2 aromatic rings. The molecule has 0 fully saturated rings. The average molecular weight is 339 g/mol. The highest BCUT2D eigenvalue weighted by molar-refractivity contribution is 6.18. The molecule has 2 rings (SSSR count). The number of alkyl halides is 1. The smallest absolute Gasteiger partial charge is 0.170 e. The number of hydrogen-bond donors (Lipinski definition) is 2. The molecular formula is C18H20ClFO3. The highest BCUT2D eigenvalue weighted by Gasteiger charge is 2.21. The van der Waals surface area contributed by atoms with Crippen molar-refractivity contribution >= 4 is 17.4 Å². The fourth-order valence-electron chi connectivity index (χ4n) is 2.06. The van der Waals surface area contributed by atoms with Gasteiger partial charge in [-0.1, -0.05) is 42.5 Å². The molecule has 0 amide bonds. The van der Waals surface area contributed by atoms with Gasteiger partial charge in [-0.15, -0.1) is 11.6 Å². The van der Waals surface area contributed by atoms with Gasteiger partial charge in [-0.25, -0.2) is 4.39 Å². The first kappa shape index (κ1) is 19.3. The van der Waals surface area contributed by atoms with Crippen molar-refractivity contribution < 1.29 is 19.4 Å². The van der Waals surface area contributed by atoms with E-state index >= 15 is 0 Å². The van der Waals surface area contributed by atoms with Crippen molar-refractivity contribution in [3.8, 4) is 0 Å². The van der Waals surface area contributed by atoms with Gasteiger partial charge in [0.15, 0.2) is 5.78 Å². The van der Waals surface area contributed by atoms with E-state index in [1.807, 2.05) is 18.2 Å². The Balaban J connectivity index is 0.000000593. The second kappa shape index (κ2) is 10.9. The molecule has 124 valence electrons. The molecule has 0 saturated carbocycles. The Labute approximate surface area is 140 Å². The van der Waals surface area contributed by atoms with E-state index in [1.54, 1.807) is 24.3 Å². The molecule has 1 atom stereocenters. The van der Waals surface area contributed by atoms with Crippen LogP contribution in [0.2, 0.25) is 0 Å². The molecule has 3 nitrogen and oxygen atoms in total. The fraction of sp³-hybridized carbons (Fsp3) is 0.278. The Bertz CT molecular complexity index is 571. The largest absolute Gasteiger partial charge is 0.394 e. The standard InChI is InChI=1S/C16H14ClFO.C2H6O2/c17-11-10-15(12-6-8-14(18)9-7-12)16(19)13-4-2-1-3-5-13;3-1-2-4/h1-9,15H,10-11H2;3-4H,1-2H2. The number of halogens is 2. The number of Topliss-reactive ketones (excluding diaryl/α,β-unsaturated/α-hetero) is 1. The maximum Gasteiger partial charge on any atom is 0.170 e. The first-order chi connectivity index (χ1) is 11.1. The monoisotopic (exact) mass is 338 g/mol. The summed E-state index contributed by atoms with van der Waals surface area (Å²) < 4.78 is 12.9. The molecular weight excluding hydrogens is 319 g/mol. The molecule has 0 heterocycles. The van der Waals surface area contributed by atoms with Gasteiger partial charge in [0.25, 0.3) is 0 Å². The highest BCUT2D eigenvalue weighted by atomic mass is 35.5. The Morgan fingerprint density at radius 1 is 1.00 bits per heavy atom. The van der Waals surface area contributed by atoms with E-state index in [4.69, 9.17) is 21.8 Å². The van der Waals surface area contributed by atoms with Crippen LogP contribution in [0.15, 0.2) is 54.6 Å². The number of ketones is 1. The van der Waals surface area contributed by atoms with Crippen LogP contribution < -0.4 is 0 Å². The average Bonchev–Trinajstić information content (AvgIpc) is 2.61. The van der Waals surface area contributed by atoms with Crippen molar-refractivity contribution in [1.29, 1.82) is 0 Å². The van der Waals surface area contributed by atoms with E-state index in [1.165, 1.54) is 12.1 Å². The van der Waals surface area contributed by atoms with Crippen LogP contribution in [-0.4, -0.2) is 35.1 Å². The number of carbonyl (C=O) groups is 1. The third kappa shape index (κ3) is 6.48. The summed E-state index contributed by atoms with van der Waals surface area (Å²) in [6, 6.07) is 15.1. The van der Waals surface area contributed by atoms with Gasteiger partial charge >= 0.3 is 0 Å². The molecule has 1 unspecified atom stereocenters. The Hall–Kier alpha value is -1.75. The lowest BCUT2D eigenvalue weighted by Crippen LogP contribution is -2.13. The topological polar surface area (TPSA) is 57.5 Å². The summed E-state index contributed by atoms with van der Waals surface area (Å²) in [5, 5.41) is 15.2. The summed E-state index contributed by atoms with van der Waals surface area (Å²) in [6.07, 6.45) is 0.543. The predicted octanol–water partition coefficient (Wildman–Crippen LogP) is 3.39. The number of benzene rings is 2. The van der Waals surface area contributed by atoms with E-state index in [-0.39, 0.29) is 30.7 Å². The van der Waals surface area contributed by atoms with Crippen LogP contribution in [0.4, 0.5) is 4.39 Å². The van der Waals surface area contributed by atoms with Gasteiger partial charge in [-0.3, -0.25) is 4.79 Å². The SMILES string of the molecule is O=C(c1ccccc1)C(CCCl)c1ccc(F)cc1.OCCO. The maximum atomic E-state index is 12.9. The molecule has 0 aliphatic heterocycles. The summed E-state index contributed by atoms with van der Waals surface area (Å²) >= 11 is 5.78. The Morgan fingerprint density at radius 2 is 1.57 bits per heavy atom. The van der Waals surface area contributed by atoms with Crippen molar-refractivity contribution in [2.45, 2.75) is 12.3 Å². The lowest BCUT2D eigenvalue weighted by Gasteiger charge is -2.15. The molecule has 2 aromatic carbocycles. The third-order valence-electron chi connectivity index (χ3n) is 3.14. The molecule has 0 radical (unpaired) electrons. The van der Waals surface area contributed by atoms with Gasteiger partial charge in [-0.2, -0.15) is 0 Å². The number of rotatable bonds is 6. The minimum absolute atomic E-state index is 0.0212. The number of aliphatic hydroxyl groups is 2. The van der Waals surface area contributed by atoms with Crippen molar-refractivity contribution in [2.75, 3.05) is 19.1 Å². The molecule has 23 heavy (non-hydrogen) atoms. The second-order valence-corrected chi connectivity index (χ2v) is 5.14. The molecule has 0 aliphatic carbocycles. The quantitative estimate of drug-likeness (QED) is 0.627. The van der Waals surface area contributed by atoms with E-state index in [2.05, 4.69) is 0 Å². The van der Waals surface area contributed by atoms with Gasteiger partial charge < -0.3 is 10.2 Å². The summed E-state index contributed by atoms with van der Waals surface area (Å²) in [6.45, 7) is -0.250. The van der Waals surface area contributed by atoms with E-state index in [0.29, 0.717) is 17.9 Å². The van der Waals surface area contributed by atoms with Gasteiger partial charge in [0.2, 0.25) is 0 Å². The molecule has 0 bridgehead atoms. The zero-order valence-electron chi connectivity index (χ0n) is 12.7. The van der Waals surface area contributed by atoms with Crippen LogP contribution in [0.25, 0.3) is 0 Å². The number of aliphatic hydroxyl groups excluding tert-OH is 2. The van der Waals surface area contributed by atoms with E-state index in [0.717, 1.165) is 5.56 Å². The molecule has 2 N–H and O–H groups in total. The van der Waals surface area contributed by atoms with Gasteiger partial charge in [0.1, 0.15) is 5.82 Å². The third-order valence-corrected chi connectivity index (χ3v) is 3.36. The van der Waals surface area contributed by atoms with Gasteiger partial charge in [0, 0.05) is 17.4 Å². The van der Waals surface area contributed by atoms with E-state index in [9.17, 15) is 9.18 Å². The number of carbonyl (C=O) groups excluding carboxylic acids is 1. The predicted molar refractivity (Wildman–Crippen MR) is 89.4 cm³/mol. The van der Waals surface area contributed by atoms with Gasteiger partial charge in [0.05, 0.1) is 13.2 Å². The number of hydrogen-bond acceptors (Lipinski definition) is 3. The van der Waals surface area contributed by atoms with Crippen LogP contribution in [0.1, 0.15) is 28.3 Å². The van der Waals surface area contributed by atoms with Crippen LogP contribution in [0.5, 0.6) is 0 Å². The maximum absolute atomic E-state index is 12.9. The van der Waals surface area contributed by atoms with Crippen LogP contribution >= 0.6 is 11.6 Å².